The zero-order valence-corrected chi connectivity index (χ0v) is 9.46. The third-order valence-corrected chi connectivity index (χ3v) is 2.38. The van der Waals surface area contributed by atoms with Crippen LogP contribution in [0.2, 0.25) is 0 Å². The lowest BCUT2D eigenvalue weighted by Crippen LogP contribution is -1.99. The average molecular weight is 245 g/mol. The van der Waals surface area contributed by atoms with Gasteiger partial charge in [-0.1, -0.05) is 18.7 Å². The maximum Gasteiger partial charge on any atom is 0.358 e. The van der Waals surface area contributed by atoms with Crippen molar-refractivity contribution in [3.63, 3.8) is 0 Å². The highest BCUT2D eigenvalue weighted by Gasteiger charge is 2.17. The van der Waals surface area contributed by atoms with E-state index >= 15 is 0 Å². The summed E-state index contributed by atoms with van der Waals surface area (Å²) in [5, 5.41) is 18.1. The molecule has 0 atom stereocenters. The first-order chi connectivity index (χ1) is 8.60. The van der Waals surface area contributed by atoms with Gasteiger partial charge in [0.25, 0.3) is 0 Å². The highest BCUT2D eigenvalue weighted by molar-refractivity contribution is 5.88. The largest absolute Gasteiger partial charge is 0.508 e. The Labute approximate surface area is 103 Å². The van der Waals surface area contributed by atoms with Gasteiger partial charge in [-0.25, -0.2) is 9.78 Å². The molecule has 0 amide bonds. The highest BCUT2D eigenvalue weighted by Crippen LogP contribution is 2.17. The Morgan fingerprint density at radius 2 is 2.06 bits per heavy atom. The van der Waals surface area contributed by atoms with E-state index in [2.05, 4.69) is 11.6 Å². The van der Waals surface area contributed by atoms with E-state index in [0.717, 1.165) is 5.56 Å². The Hall–Kier alpha value is -2.56. The SMILES string of the molecule is C=Cc1oc(Cc2ccc(O)cc2)nc1C(=O)O. The van der Waals surface area contributed by atoms with Crippen molar-refractivity contribution in [1.82, 2.24) is 4.98 Å². The fourth-order valence-corrected chi connectivity index (χ4v) is 1.53. The highest BCUT2D eigenvalue weighted by atomic mass is 16.4. The molecule has 18 heavy (non-hydrogen) atoms. The minimum absolute atomic E-state index is 0.140. The maximum atomic E-state index is 10.9. The Bertz CT molecular complexity index is 584. The van der Waals surface area contributed by atoms with Crippen LogP contribution in [0.3, 0.4) is 0 Å². The van der Waals surface area contributed by atoms with Crippen LogP contribution in [0.15, 0.2) is 35.3 Å². The third kappa shape index (κ3) is 2.40. The second kappa shape index (κ2) is 4.75. The van der Waals surface area contributed by atoms with Crippen LogP contribution >= 0.6 is 0 Å². The minimum Gasteiger partial charge on any atom is -0.508 e. The number of carboxylic acids is 1. The summed E-state index contributed by atoms with van der Waals surface area (Å²) in [6.45, 7) is 3.48. The molecule has 2 N–H and O–H groups in total. The molecule has 0 aliphatic carbocycles. The molecular formula is C13H11NO4. The van der Waals surface area contributed by atoms with Gasteiger partial charge in [0.2, 0.25) is 0 Å². The average Bonchev–Trinajstić information content (AvgIpc) is 2.75. The number of oxazole rings is 1. The summed E-state index contributed by atoms with van der Waals surface area (Å²) in [4.78, 5) is 14.8. The van der Waals surface area contributed by atoms with Crippen molar-refractivity contribution in [3.8, 4) is 5.75 Å². The molecule has 1 heterocycles. The number of phenols is 1. The lowest BCUT2D eigenvalue weighted by Gasteiger charge is -1.97. The van der Waals surface area contributed by atoms with E-state index in [0.29, 0.717) is 12.3 Å². The number of rotatable bonds is 4. The second-order valence-electron chi connectivity index (χ2n) is 3.67. The Morgan fingerprint density at radius 1 is 1.39 bits per heavy atom. The summed E-state index contributed by atoms with van der Waals surface area (Å²) >= 11 is 0. The molecule has 2 rings (SSSR count). The fourth-order valence-electron chi connectivity index (χ4n) is 1.53. The maximum absolute atomic E-state index is 10.9. The van der Waals surface area contributed by atoms with Gasteiger partial charge in [-0.05, 0) is 23.8 Å². The van der Waals surface area contributed by atoms with E-state index in [-0.39, 0.29) is 17.2 Å². The summed E-state index contributed by atoms with van der Waals surface area (Å²) < 4.78 is 5.29. The molecule has 1 aromatic heterocycles. The quantitative estimate of drug-likeness (QED) is 0.863. The van der Waals surface area contributed by atoms with E-state index in [9.17, 15) is 4.79 Å². The summed E-state index contributed by atoms with van der Waals surface area (Å²) in [5.74, 6) is -0.529. The number of nitrogens with zero attached hydrogens (tertiary/aromatic N) is 1. The molecule has 0 radical (unpaired) electrons. The van der Waals surface area contributed by atoms with E-state index in [1.807, 2.05) is 0 Å². The molecule has 0 bridgehead atoms. The Kier molecular flexibility index (Phi) is 3.14. The van der Waals surface area contributed by atoms with Gasteiger partial charge in [-0.15, -0.1) is 0 Å². The molecule has 2 aromatic rings. The van der Waals surface area contributed by atoms with E-state index in [4.69, 9.17) is 14.6 Å². The van der Waals surface area contributed by atoms with Crippen LogP contribution in [0.4, 0.5) is 0 Å². The van der Waals surface area contributed by atoms with Crippen molar-refractivity contribution in [3.05, 3.63) is 53.8 Å². The number of phenolic OH excluding ortho intramolecular Hbond substituents is 1. The molecular weight excluding hydrogens is 234 g/mol. The number of hydrogen-bond donors (Lipinski definition) is 2. The third-order valence-electron chi connectivity index (χ3n) is 2.38. The van der Waals surface area contributed by atoms with E-state index in [1.54, 1.807) is 24.3 Å². The van der Waals surface area contributed by atoms with Crippen molar-refractivity contribution in [2.24, 2.45) is 0 Å². The molecule has 0 saturated carbocycles. The molecule has 0 saturated heterocycles. The summed E-state index contributed by atoms with van der Waals surface area (Å²) in [6, 6.07) is 6.52. The van der Waals surface area contributed by atoms with Crippen molar-refractivity contribution in [2.45, 2.75) is 6.42 Å². The zero-order chi connectivity index (χ0) is 13.1. The van der Waals surface area contributed by atoms with Gasteiger partial charge in [-0.3, -0.25) is 0 Å². The van der Waals surface area contributed by atoms with Crippen LogP contribution in [-0.2, 0) is 6.42 Å². The number of aromatic carboxylic acids is 1. The topological polar surface area (TPSA) is 83.6 Å². The molecule has 0 spiro atoms. The molecule has 5 nitrogen and oxygen atoms in total. The standard InChI is InChI=1S/C13H11NO4/c1-2-10-12(13(16)17)14-11(18-10)7-8-3-5-9(15)6-4-8/h2-6,15H,1,7H2,(H,16,17). The van der Waals surface area contributed by atoms with Gasteiger partial charge < -0.3 is 14.6 Å². The molecule has 0 aliphatic rings. The van der Waals surface area contributed by atoms with Crippen molar-refractivity contribution in [1.29, 1.82) is 0 Å². The number of benzene rings is 1. The summed E-state index contributed by atoms with van der Waals surface area (Å²) in [7, 11) is 0. The van der Waals surface area contributed by atoms with Crippen molar-refractivity contribution < 1.29 is 19.4 Å². The normalized spacial score (nSPS) is 10.2. The zero-order valence-electron chi connectivity index (χ0n) is 9.46. The number of aromatic nitrogens is 1. The monoisotopic (exact) mass is 245 g/mol. The van der Waals surface area contributed by atoms with Crippen LogP contribution in [0, 0.1) is 0 Å². The number of hydrogen-bond acceptors (Lipinski definition) is 4. The lowest BCUT2D eigenvalue weighted by atomic mass is 10.1. The predicted octanol–water partition coefficient (Wildman–Crippen LogP) is 2.31. The Balaban J connectivity index is 2.27. The van der Waals surface area contributed by atoms with Gasteiger partial charge in [0.05, 0.1) is 0 Å². The number of carboxylic acid groups (broad SMARTS) is 1. The number of aromatic hydroxyl groups is 1. The van der Waals surface area contributed by atoms with Crippen LogP contribution in [0.25, 0.3) is 6.08 Å². The summed E-state index contributed by atoms with van der Waals surface area (Å²) in [5.41, 5.74) is 0.723. The minimum atomic E-state index is -1.15. The number of carbonyl (C=O) groups is 1. The van der Waals surface area contributed by atoms with E-state index in [1.165, 1.54) is 6.08 Å². The van der Waals surface area contributed by atoms with Gasteiger partial charge in [0, 0.05) is 6.42 Å². The first-order valence-electron chi connectivity index (χ1n) is 5.23. The molecule has 0 aliphatic heterocycles. The van der Waals surface area contributed by atoms with Crippen molar-refractivity contribution >= 4 is 12.0 Å². The molecule has 5 heteroatoms. The van der Waals surface area contributed by atoms with Crippen molar-refractivity contribution in [2.75, 3.05) is 0 Å². The van der Waals surface area contributed by atoms with Crippen LogP contribution in [-0.4, -0.2) is 21.2 Å². The second-order valence-corrected chi connectivity index (χ2v) is 3.67. The van der Waals surface area contributed by atoms with Gasteiger partial charge in [0.1, 0.15) is 5.75 Å². The van der Waals surface area contributed by atoms with Gasteiger partial charge in [-0.2, -0.15) is 0 Å². The lowest BCUT2D eigenvalue weighted by molar-refractivity contribution is 0.0690. The van der Waals surface area contributed by atoms with Gasteiger partial charge in [0.15, 0.2) is 17.3 Å². The Morgan fingerprint density at radius 3 is 2.56 bits per heavy atom. The van der Waals surface area contributed by atoms with Crippen LogP contribution in [0.1, 0.15) is 27.7 Å². The summed E-state index contributed by atoms with van der Waals surface area (Å²) in [6.07, 6.45) is 1.67. The van der Waals surface area contributed by atoms with Crippen LogP contribution < -0.4 is 0 Å². The smallest absolute Gasteiger partial charge is 0.358 e. The first-order valence-corrected chi connectivity index (χ1v) is 5.23. The van der Waals surface area contributed by atoms with Gasteiger partial charge >= 0.3 is 5.97 Å². The molecule has 0 fully saturated rings. The predicted molar refractivity (Wildman–Crippen MR) is 64.5 cm³/mol. The van der Waals surface area contributed by atoms with Crippen LogP contribution in [0.5, 0.6) is 5.75 Å². The molecule has 0 unspecified atom stereocenters. The first kappa shape index (κ1) is 11.9. The van der Waals surface area contributed by atoms with E-state index < -0.39 is 5.97 Å². The molecule has 92 valence electrons. The molecule has 1 aromatic carbocycles. The fraction of sp³-hybridized carbons (Fsp3) is 0.0769.